The van der Waals surface area contributed by atoms with Crippen LogP contribution in [0.1, 0.15) is 46.0 Å². The first-order valence-electron chi connectivity index (χ1n) is 6.72. The van der Waals surface area contributed by atoms with Crippen molar-refractivity contribution < 1.29 is 0 Å². The minimum absolute atomic E-state index is 0.626. The Hall–Kier alpha value is -0.520. The second-order valence-corrected chi connectivity index (χ2v) is 4.80. The van der Waals surface area contributed by atoms with Crippen molar-refractivity contribution in [2.24, 2.45) is 0 Å². The summed E-state index contributed by atoms with van der Waals surface area (Å²) in [5.74, 6) is 2.79. The fraction of sp³-hybridized carbons (Fsp3) is 0.857. The first-order chi connectivity index (χ1) is 7.81. The molecule has 1 saturated carbocycles. The molecule has 0 aromatic carbocycles. The molecule has 1 N–H and O–H groups in total. The van der Waals surface area contributed by atoms with Crippen molar-refractivity contribution in [1.29, 1.82) is 0 Å². The zero-order valence-corrected chi connectivity index (χ0v) is 10.8. The van der Waals surface area contributed by atoms with Crippen molar-refractivity contribution in [3.63, 3.8) is 0 Å². The number of hydrogen-bond acceptors (Lipinski definition) is 2. The van der Waals surface area contributed by atoms with Crippen LogP contribution >= 0.6 is 0 Å². The first-order valence-corrected chi connectivity index (χ1v) is 6.72. The number of nitrogens with zero attached hydrogens (tertiary/aromatic N) is 1. The molecule has 1 fully saturated rings. The molecule has 1 rings (SSSR count). The summed E-state index contributed by atoms with van der Waals surface area (Å²) in [6.45, 7) is 7.51. The molecule has 0 aromatic rings. The number of rotatable bonds is 9. The van der Waals surface area contributed by atoms with Crippen LogP contribution in [0, 0.1) is 12.3 Å². The highest BCUT2D eigenvalue weighted by Gasteiger charge is 2.23. The molecule has 0 saturated heterocycles. The highest BCUT2D eigenvalue weighted by atomic mass is 15.2. The van der Waals surface area contributed by atoms with E-state index in [9.17, 15) is 0 Å². The highest BCUT2D eigenvalue weighted by molar-refractivity contribution is 4.91. The number of nitrogens with one attached hydrogen (secondary N) is 1. The van der Waals surface area contributed by atoms with Gasteiger partial charge in [0.2, 0.25) is 0 Å². The van der Waals surface area contributed by atoms with E-state index in [1.165, 1.54) is 32.1 Å². The van der Waals surface area contributed by atoms with Crippen LogP contribution in [0.2, 0.25) is 0 Å². The minimum atomic E-state index is 0.626. The molecule has 0 aliphatic heterocycles. The van der Waals surface area contributed by atoms with Gasteiger partial charge in [0.25, 0.3) is 0 Å². The summed E-state index contributed by atoms with van der Waals surface area (Å²) in [5.41, 5.74) is 0. The standard InChI is InChI=1S/C14H26N2/c1-4-7-14(12-15-13-8-9-13)16(10-5-2)11-6-3/h2,13-15H,4,6-12H2,1,3H3. The molecule has 1 atom stereocenters. The predicted molar refractivity (Wildman–Crippen MR) is 70.4 cm³/mol. The largest absolute Gasteiger partial charge is 0.312 e. The van der Waals surface area contributed by atoms with E-state index in [1.807, 2.05) is 0 Å². The Bertz CT molecular complexity index is 215. The van der Waals surface area contributed by atoms with Crippen molar-refractivity contribution in [3.05, 3.63) is 0 Å². The van der Waals surface area contributed by atoms with Crippen LogP contribution in [-0.2, 0) is 0 Å². The van der Waals surface area contributed by atoms with Crippen LogP contribution in [0.5, 0.6) is 0 Å². The van der Waals surface area contributed by atoms with Crippen LogP contribution in [0.3, 0.4) is 0 Å². The van der Waals surface area contributed by atoms with Crippen molar-refractivity contribution in [2.45, 2.75) is 58.0 Å². The minimum Gasteiger partial charge on any atom is -0.312 e. The molecule has 0 bridgehead atoms. The van der Waals surface area contributed by atoms with E-state index in [4.69, 9.17) is 6.42 Å². The molecular formula is C14H26N2. The fourth-order valence-electron chi connectivity index (χ4n) is 2.13. The van der Waals surface area contributed by atoms with Gasteiger partial charge in [-0.05, 0) is 32.2 Å². The molecule has 2 nitrogen and oxygen atoms in total. The SMILES string of the molecule is C#CCN(CCC)C(CCC)CNC1CC1. The van der Waals surface area contributed by atoms with Crippen LogP contribution in [-0.4, -0.2) is 36.6 Å². The van der Waals surface area contributed by atoms with Crippen LogP contribution < -0.4 is 5.32 Å². The van der Waals surface area contributed by atoms with Gasteiger partial charge in [0.1, 0.15) is 0 Å². The van der Waals surface area contributed by atoms with Gasteiger partial charge in [-0.25, -0.2) is 0 Å². The predicted octanol–water partition coefficient (Wildman–Crippen LogP) is 2.25. The maximum absolute atomic E-state index is 5.45. The Kier molecular flexibility index (Phi) is 6.52. The third-order valence-corrected chi connectivity index (χ3v) is 3.16. The molecule has 1 unspecified atom stereocenters. The molecular weight excluding hydrogens is 196 g/mol. The zero-order valence-electron chi connectivity index (χ0n) is 10.8. The second kappa shape index (κ2) is 7.70. The van der Waals surface area contributed by atoms with E-state index in [1.54, 1.807) is 0 Å². The van der Waals surface area contributed by atoms with Gasteiger partial charge >= 0.3 is 0 Å². The summed E-state index contributed by atoms with van der Waals surface area (Å²) in [5, 5.41) is 3.63. The molecule has 1 aliphatic rings. The number of hydrogen-bond donors (Lipinski definition) is 1. The molecule has 0 spiro atoms. The molecule has 92 valence electrons. The average molecular weight is 222 g/mol. The van der Waals surface area contributed by atoms with Crippen molar-refractivity contribution in [2.75, 3.05) is 19.6 Å². The Labute approximate surface area is 101 Å². The van der Waals surface area contributed by atoms with Gasteiger partial charge in [-0.2, -0.15) is 0 Å². The van der Waals surface area contributed by atoms with Gasteiger partial charge in [-0.1, -0.05) is 26.2 Å². The summed E-state index contributed by atoms with van der Waals surface area (Å²) in [4.78, 5) is 2.46. The van der Waals surface area contributed by atoms with Crippen molar-refractivity contribution >= 4 is 0 Å². The quantitative estimate of drug-likeness (QED) is 0.602. The lowest BCUT2D eigenvalue weighted by atomic mass is 10.1. The lowest BCUT2D eigenvalue weighted by Crippen LogP contribution is -2.43. The smallest absolute Gasteiger partial charge is 0.0601 e. The summed E-state index contributed by atoms with van der Waals surface area (Å²) in [6.07, 6.45) is 11.9. The molecule has 0 aromatic heterocycles. The van der Waals surface area contributed by atoms with Crippen molar-refractivity contribution in [1.82, 2.24) is 10.2 Å². The Morgan fingerprint density at radius 2 is 2.12 bits per heavy atom. The normalized spacial score (nSPS) is 17.4. The van der Waals surface area contributed by atoms with Gasteiger partial charge in [0, 0.05) is 18.6 Å². The van der Waals surface area contributed by atoms with Gasteiger partial charge in [-0.3, -0.25) is 4.90 Å². The van der Waals surface area contributed by atoms with E-state index in [-0.39, 0.29) is 0 Å². The van der Waals surface area contributed by atoms with Gasteiger partial charge in [0.05, 0.1) is 6.54 Å². The lowest BCUT2D eigenvalue weighted by Gasteiger charge is -2.30. The third-order valence-electron chi connectivity index (χ3n) is 3.16. The summed E-state index contributed by atoms with van der Waals surface area (Å²) in [6, 6.07) is 1.43. The molecule has 0 radical (unpaired) electrons. The Morgan fingerprint density at radius 3 is 2.62 bits per heavy atom. The average Bonchev–Trinajstić information content (AvgIpc) is 3.08. The molecule has 0 amide bonds. The van der Waals surface area contributed by atoms with Gasteiger partial charge < -0.3 is 5.32 Å². The summed E-state index contributed by atoms with van der Waals surface area (Å²) in [7, 11) is 0. The van der Waals surface area contributed by atoms with E-state index >= 15 is 0 Å². The molecule has 16 heavy (non-hydrogen) atoms. The van der Waals surface area contributed by atoms with Crippen LogP contribution in [0.4, 0.5) is 0 Å². The van der Waals surface area contributed by atoms with Gasteiger partial charge in [-0.15, -0.1) is 6.42 Å². The Balaban J connectivity index is 2.38. The van der Waals surface area contributed by atoms with E-state index in [0.29, 0.717) is 6.04 Å². The van der Waals surface area contributed by atoms with Crippen LogP contribution in [0.25, 0.3) is 0 Å². The summed E-state index contributed by atoms with van der Waals surface area (Å²) < 4.78 is 0. The summed E-state index contributed by atoms with van der Waals surface area (Å²) >= 11 is 0. The Morgan fingerprint density at radius 1 is 1.38 bits per heavy atom. The third kappa shape index (κ3) is 5.01. The molecule has 2 heteroatoms. The van der Waals surface area contributed by atoms with E-state index < -0.39 is 0 Å². The van der Waals surface area contributed by atoms with E-state index in [0.717, 1.165) is 25.7 Å². The fourth-order valence-corrected chi connectivity index (χ4v) is 2.13. The van der Waals surface area contributed by atoms with Gasteiger partial charge in [0.15, 0.2) is 0 Å². The van der Waals surface area contributed by atoms with Crippen molar-refractivity contribution in [3.8, 4) is 12.3 Å². The second-order valence-electron chi connectivity index (χ2n) is 4.80. The number of terminal acetylenes is 1. The highest BCUT2D eigenvalue weighted by Crippen LogP contribution is 2.19. The maximum atomic E-state index is 5.45. The first kappa shape index (κ1) is 13.5. The van der Waals surface area contributed by atoms with Crippen LogP contribution in [0.15, 0.2) is 0 Å². The maximum Gasteiger partial charge on any atom is 0.0601 e. The molecule has 0 heterocycles. The zero-order chi connectivity index (χ0) is 11.8. The van der Waals surface area contributed by atoms with E-state index in [2.05, 4.69) is 30.0 Å². The topological polar surface area (TPSA) is 15.3 Å². The monoisotopic (exact) mass is 222 g/mol. The molecule has 1 aliphatic carbocycles. The lowest BCUT2D eigenvalue weighted by molar-refractivity contribution is 0.203.